The van der Waals surface area contributed by atoms with E-state index in [4.69, 9.17) is 0 Å². The molecule has 0 atom stereocenters. The van der Waals surface area contributed by atoms with Gasteiger partial charge in [-0.25, -0.2) is 0 Å². The van der Waals surface area contributed by atoms with Crippen LogP contribution in [0.25, 0.3) is 0 Å². The van der Waals surface area contributed by atoms with Gasteiger partial charge in [-0.3, -0.25) is 0 Å². The number of quaternary nitrogens is 1. The van der Waals surface area contributed by atoms with Crippen LogP contribution < -0.4 is 21.9 Å². The highest BCUT2D eigenvalue weighted by Crippen LogP contribution is 2.27. The molecule has 0 heterocycles. The number of anilines is 1. The molecule has 0 spiro atoms. The Morgan fingerprint density at radius 1 is 1.00 bits per heavy atom. The lowest BCUT2D eigenvalue weighted by Crippen LogP contribution is -3.00. The molecule has 1 saturated carbocycles. The second-order valence-corrected chi connectivity index (χ2v) is 6.83. The second-order valence-electron chi connectivity index (χ2n) is 6.83. The van der Waals surface area contributed by atoms with Crippen molar-refractivity contribution in [3.05, 3.63) is 30.3 Å². The van der Waals surface area contributed by atoms with E-state index in [0.29, 0.717) is 0 Å². The quantitative estimate of drug-likeness (QED) is 0.707. The highest BCUT2D eigenvalue weighted by molar-refractivity contribution is 5.47. The van der Waals surface area contributed by atoms with Crippen molar-refractivity contribution in [1.29, 1.82) is 0 Å². The summed E-state index contributed by atoms with van der Waals surface area (Å²) in [5.74, 6) is 0. The van der Waals surface area contributed by atoms with Crippen LogP contribution in [0, 0.1) is 0 Å². The summed E-state index contributed by atoms with van der Waals surface area (Å²) in [5, 5.41) is 0. The molecule has 2 nitrogen and oxygen atoms in total. The molecule has 0 bridgehead atoms. The van der Waals surface area contributed by atoms with Gasteiger partial charge in [0, 0.05) is 11.7 Å². The predicted octanol–water partition coefficient (Wildman–Crippen LogP) is 0.536. The van der Waals surface area contributed by atoms with E-state index >= 15 is 0 Å². The summed E-state index contributed by atoms with van der Waals surface area (Å²) in [7, 11) is 6.85. The average Bonchev–Trinajstić information content (AvgIpc) is 2.40. The topological polar surface area (TPSA) is 3.24 Å². The molecule has 0 saturated heterocycles. The van der Waals surface area contributed by atoms with E-state index < -0.39 is 0 Å². The summed E-state index contributed by atoms with van der Waals surface area (Å²) < 4.78 is 1.04. The SMILES string of the molecule is C[N+](C)(C)CCN(c1ccccc1)C1CCCCC1.[Br-]. The van der Waals surface area contributed by atoms with E-state index in [1.165, 1.54) is 44.3 Å². The monoisotopic (exact) mass is 340 g/mol. The fraction of sp³-hybridized carbons (Fsp3) is 0.647. The van der Waals surface area contributed by atoms with Crippen LogP contribution in [0.4, 0.5) is 5.69 Å². The molecule has 2 rings (SSSR count). The van der Waals surface area contributed by atoms with Gasteiger partial charge in [0.05, 0.1) is 34.2 Å². The highest BCUT2D eigenvalue weighted by Gasteiger charge is 2.22. The Labute approximate surface area is 135 Å². The van der Waals surface area contributed by atoms with Gasteiger partial charge in [0.25, 0.3) is 0 Å². The van der Waals surface area contributed by atoms with Crippen LogP contribution in [0.15, 0.2) is 30.3 Å². The first-order chi connectivity index (χ1) is 9.06. The minimum absolute atomic E-state index is 0. The summed E-state index contributed by atoms with van der Waals surface area (Å²) in [6.45, 7) is 2.36. The van der Waals surface area contributed by atoms with E-state index in [2.05, 4.69) is 56.4 Å². The Bertz CT molecular complexity index is 366. The van der Waals surface area contributed by atoms with Gasteiger partial charge < -0.3 is 26.4 Å². The lowest BCUT2D eigenvalue weighted by Gasteiger charge is -2.38. The second kappa shape index (κ2) is 8.04. The minimum Gasteiger partial charge on any atom is -1.00 e. The molecular formula is C17H29BrN2. The zero-order chi connectivity index (χ0) is 13.7. The Hall–Kier alpha value is -0.540. The highest BCUT2D eigenvalue weighted by atomic mass is 79.9. The van der Waals surface area contributed by atoms with Gasteiger partial charge in [0.1, 0.15) is 0 Å². The van der Waals surface area contributed by atoms with Crippen molar-refractivity contribution >= 4 is 5.69 Å². The van der Waals surface area contributed by atoms with E-state index in [-0.39, 0.29) is 17.0 Å². The van der Waals surface area contributed by atoms with Gasteiger partial charge in [-0.1, -0.05) is 37.5 Å². The number of hydrogen-bond acceptors (Lipinski definition) is 1. The maximum absolute atomic E-state index is 2.66. The van der Waals surface area contributed by atoms with Crippen LogP contribution >= 0.6 is 0 Å². The molecule has 1 aromatic carbocycles. The summed E-state index contributed by atoms with van der Waals surface area (Å²) >= 11 is 0. The largest absolute Gasteiger partial charge is 1.00 e. The summed E-state index contributed by atoms with van der Waals surface area (Å²) in [6.07, 6.45) is 6.96. The maximum atomic E-state index is 2.66. The molecule has 1 aliphatic rings. The molecular weight excluding hydrogens is 312 g/mol. The third-order valence-corrected chi connectivity index (χ3v) is 4.12. The van der Waals surface area contributed by atoms with Crippen molar-refractivity contribution < 1.29 is 21.5 Å². The average molecular weight is 341 g/mol. The molecule has 0 aromatic heterocycles. The van der Waals surface area contributed by atoms with Gasteiger partial charge in [-0.15, -0.1) is 0 Å². The Balaban J connectivity index is 0.00000200. The first-order valence-electron chi connectivity index (χ1n) is 7.68. The van der Waals surface area contributed by atoms with E-state index in [9.17, 15) is 0 Å². The molecule has 1 fully saturated rings. The fourth-order valence-corrected chi connectivity index (χ4v) is 2.94. The van der Waals surface area contributed by atoms with Crippen molar-refractivity contribution in [1.82, 2.24) is 0 Å². The van der Waals surface area contributed by atoms with Crippen molar-refractivity contribution in [3.8, 4) is 0 Å². The summed E-state index contributed by atoms with van der Waals surface area (Å²) in [6, 6.07) is 11.7. The normalized spacial score (nSPS) is 16.6. The fourth-order valence-electron chi connectivity index (χ4n) is 2.94. The predicted molar refractivity (Wildman–Crippen MR) is 83.6 cm³/mol. The molecule has 1 aromatic rings. The summed E-state index contributed by atoms with van der Waals surface area (Å²) in [5.41, 5.74) is 1.41. The van der Waals surface area contributed by atoms with Crippen LogP contribution in [0.3, 0.4) is 0 Å². The molecule has 3 heteroatoms. The van der Waals surface area contributed by atoms with Crippen molar-refractivity contribution in [2.24, 2.45) is 0 Å². The lowest BCUT2D eigenvalue weighted by molar-refractivity contribution is -0.868. The van der Waals surface area contributed by atoms with Gasteiger partial charge in [0.15, 0.2) is 0 Å². The van der Waals surface area contributed by atoms with Gasteiger partial charge in [-0.2, -0.15) is 0 Å². The first kappa shape index (κ1) is 17.5. The lowest BCUT2D eigenvalue weighted by atomic mass is 9.93. The first-order valence-corrected chi connectivity index (χ1v) is 7.68. The van der Waals surface area contributed by atoms with Crippen LogP contribution in [0.1, 0.15) is 32.1 Å². The number of benzene rings is 1. The van der Waals surface area contributed by atoms with E-state index in [1.807, 2.05) is 0 Å². The maximum Gasteiger partial charge on any atom is 0.0958 e. The van der Waals surface area contributed by atoms with Crippen molar-refractivity contribution in [2.45, 2.75) is 38.1 Å². The van der Waals surface area contributed by atoms with Crippen LogP contribution in [-0.2, 0) is 0 Å². The smallest absolute Gasteiger partial charge is 0.0958 e. The van der Waals surface area contributed by atoms with Gasteiger partial charge >= 0.3 is 0 Å². The molecule has 0 aliphatic heterocycles. The number of rotatable bonds is 5. The van der Waals surface area contributed by atoms with Gasteiger partial charge in [0.2, 0.25) is 0 Å². The Morgan fingerprint density at radius 2 is 1.60 bits per heavy atom. The standard InChI is InChI=1S/C17H29N2.BrH/c1-19(2,3)15-14-18(16-10-6-4-7-11-16)17-12-8-5-9-13-17;/h4,6-7,10-11,17H,5,8-9,12-15H2,1-3H3;1H/q+1;/p-1. The number of likely N-dealkylation sites (N-methyl/N-ethyl adjacent to an activating group) is 1. The molecule has 20 heavy (non-hydrogen) atoms. The van der Waals surface area contributed by atoms with Crippen molar-refractivity contribution in [2.75, 3.05) is 39.1 Å². The number of hydrogen-bond donors (Lipinski definition) is 0. The molecule has 1 aliphatic carbocycles. The molecule has 0 unspecified atom stereocenters. The van der Waals surface area contributed by atoms with E-state index in [0.717, 1.165) is 17.1 Å². The molecule has 0 N–H and O–H groups in total. The van der Waals surface area contributed by atoms with Crippen LogP contribution in [0.5, 0.6) is 0 Å². The van der Waals surface area contributed by atoms with E-state index in [1.54, 1.807) is 0 Å². The zero-order valence-corrected chi connectivity index (χ0v) is 14.8. The number of nitrogens with zero attached hydrogens (tertiary/aromatic N) is 2. The molecule has 0 amide bonds. The summed E-state index contributed by atoms with van der Waals surface area (Å²) in [4.78, 5) is 2.66. The van der Waals surface area contributed by atoms with Crippen LogP contribution in [0.2, 0.25) is 0 Å². The Morgan fingerprint density at radius 3 is 2.15 bits per heavy atom. The third kappa shape index (κ3) is 5.45. The zero-order valence-electron chi connectivity index (χ0n) is 13.2. The third-order valence-electron chi connectivity index (χ3n) is 4.12. The minimum atomic E-state index is 0. The number of para-hydroxylation sites is 1. The van der Waals surface area contributed by atoms with Crippen LogP contribution in [-0.4, -0.2) is 44.8 Å². The van der Waals surface area contributed by atoms with Crippen molar-refractivity contribution in [3.63, 3.8) is 0 Å². The number of halogens is 1. The Kier molecular flexibility index (Phi) is 7.04. The molecule has 0 radical (unpaired) electrons. The van der Waals surface area contributed by atoms with Gasteiger partial charge in [-0.05, 0) is 25.0 Å². The molecule has 114 valence electrons.